The number of nitrogens with zero attached hydrogens (tertiary/aromatic N) is 2. The Labute approximate surface area is 138 Å². The average Bonchev–Trinajstić information content (AvgIpc) is 3.05. The van der Waals surface area contributed by atoms with Crippen LogP contribution in [-0.2, 0) is 4.79 Å². The molecule has 1 amide bonds. The number of carbonyl (C=O) groups is 1. The molecule has 2 N–H and O–H groups in total. The van der Waals surface area contributed by atoms with Gasteiger partial charge in [-0.15, -0.1) is 0 Å². The molecule has 0 aromatic rings. The van der Waals surface area contributed by atoms with Crippen molar-refractivity contribution in [1.29, 1.82) is 5.26 Å². The van der Waals surface area contributed by atoms with Crippen molar-refractivity contribution < 1.29 is 9.90 Å². The van der Waals surface area contributed by atoms with Gasteiger partial charge in [0.25, 0.3) is 0 Å². The lowest BCUT2D eigenvalue weighted by molar-refractivity contribution is -0.137. The van der Waals surface area contributed by atoms with Gasteiger partial charge >= 0.3 is 0 Å². The summed E-state index contributed by atoms with van der Waals surface area (Å²) in [6.07, 6.45) is 6.76. The van der Waals surface area contributed by atoms with E-state index in [1.165, 1.54) is 0 Å². The van der Waals surface area contributed by atoms with E-state index in [-0.39, 0.29) is 17.5 Å². The number of hydrogen-bond acceptors (Lipinski definition) is 4. The molecule has 2 bridgehead atoms. The lowest BCUT2D eigenvalue weighted by Gasteiger charge is -2.50. The fourth-order valence-corrected chi connectivity index (χ4v) is 6.13. The normalized spacial score (nSPS) is 47.8. The second kappa shape index (κ2) is 5.19. The first-order valence-corrected chi connectivity index (χ1v) is 9.11. The number of nitrogens with one attached hydrogen (secondary N) is 1. The molecule has 1 heterocycles. The van der Waals surface area contributed by atoms with Gasteiger partial charge in [-0.25, -0.2) is 0 Å². The van der Waals surface area contributed by atoms with Crippen LogP contribution in [0.25, 0.3) is 0 Å². The molecule has 5 heteroatoms. The lowest BCUT2D eigenvalue weighted by atomic mass is 9.60. The summed E-state index contributed by atoms with van der Waals surface area (Å²) >= 11 is 0. The van der Waals surface area contributed by atoms with Crippen LogP contribution in [0.5, 0.6) is 0 Å². The molecule has 0 spiro atoms. The molecule has 4 aliphatic rings. The van der Waals surface area contributed by atoms with Crippen LogP contribution in [0, 0.1) is 29.1 Å². The monoisotopic (exact) mass is 317 g/mol. The summed E-state index contributed by atoms with van der Waals surface area (Å²) in [7, 11) is 0. The number of nitriles is 1. The number of amides is 1. The summed E-state index contributed by atoms with van der Waals surface area (Å²) in [6, 6.07) is 2.01. The molecule has 3 saturated carbocycles. The SMILES string of the molecule is CC1CC2(NCC(=O)N3CCC[C@@H]3C#N)CC3CC(O)(C1)C3C2. The molecule has 4 fully saturated rings. The van der Waals surface area contributed by atoms with Crippen molar-refractivity contribution >= 4 is 5.91 Å². The van der Waals surface area contributed by atoms with Crippen LogP contribution >= 0.6 is 0 Å². The summed E-state index contributed by atoms with van der Waals surface area (Å²) in [5, 5.41) is 23.5. The highest BCUT2D eigenvalue weighted by atomic mass is 16.3. The first kappa shape index (κ1) is 15.4. The van der Waals surface area contributed by atoms with E-state index in [9.17, 15) is 9.90 Å². The first-order chi connectivity index (χ1) is 10.9. The van der Waals surface area contributed by atoms with Gasteiger partial charge in [0, 0.05) is 12.1 Å². The van der Waals surface area contributed by atoms with Crippen LogP contribution in [0.3, 0.4) is 0 Å². The van der Waals surface area contributed by atoms with Gasteiger partial charge in [-0.3, -0.25) is 4.79 Å². The molecule has 6 atom stereocenters. The van der Waals surface area contributed by atoms with E-state index in [0.717, 1.165) is 44.9 Å². The summed E-state index contributed by atoms with van der Waals surface area (Å²) in [5.41, 5.74) is -0.415. The average molecular weight is 317 g/mol. The van der Waals surface area contributed by atoms with Crippen molar-refractivity contribution in [2.45, 2.75) is 69.1 Å². The predicted octanol–water partition coefficient (Wildman–Crippen LogP) is 1.42. The molecule has 4 rings (SSSR count). The molecule has 1 aliphatic heterocycles. The predicted molar refractivity (Wildman–Crippen MR) is 85.3 cm³/mol. The highest BCUT2D eigenvalue weighted by Crippen LogP contribution is 2.62. The quantitative estimate of drug-likeness (QED) is 0.825. The second-order valence-electron chi connectivity index (χ2n) is 8.60. The van der Waals surface area contributed by atoms with Crippen molar-refractivity contribution in [3.63, 3.8) is 0 Å². The smallest absolute Gasteiger partial charge is 0.237 e. The van der Waals surface area contributed by atoms with E-state index in [2.05, 4.69) is 18.3 Å². The Morgan fingerprint density at radius 3 is 2.96 bits per heavy atom. The minimum atomic E-state index is -0.436. The summed E-state index contributed by atoms with van der Waals surface area (Å²) < 4.78 is 0. The molecule has 0 aromatic carbocycles. The molecule has 1 saturated heterocycles. The van der Waals surface area contributed by atoms with Gasteiger partial charge in [0.1, 0.15) is 6.04 Å². The van der Waals surface area contributed by atoms with Crippen LogP contribution in [0.4, 0.5) is 0 Å². The Balaban J connectivity index is 1.43. The van der Waals surface area contributed by atoms with Gasteiger partial charge in [0.15, 0.2) is 0 Å². The third kappa shape index (κ3) is 2.38. The highest BCUT2D eigenvalue weighted by molar-refractivity contribution is 5.79. The third-order valence-corrected chi connectivity index (χ3v) is 6.92. The zero-order valence-corrected chi connectivity index (χ0v) is 13.9. The number of fused-ring (bicyclic) bond motifs is 1. The molecule has 0 radical (unpaired) electrons. The Morgan fingerprint density at radius 1 is 1.35 bits per heavy atom. The van der Waals surface area contributed by atoms with Gasteiger partial charge < -0.3 is 15.3 Å². The van der Waals surface area contributed by atoms with Crippen LogP contribution in [0.1, 0.15) is 51.9 Å². The maximum absolute atomic E-state index is 12.5. The van der Waals surface area contributed by atoms with Crippen molar-refractivity contribution in [2.75, 3.05) is 13.1 Å². The number of rotatable bonds is 3. The highest BCUT2D eigenvalue weighted by Gasteiger charge is 2.63. The Hall–Kier alpha value is -1.12. The van der Waals surface area contributed by atoms with E-state index in [1.54, 1.807) is 4.90 Å². The van der Waals surface area contributed by atoms with Gasteiger partial charge in [0.2, 0.25) is 5.91 Å². The topological polar surface area (TPSA) is 76.4 Å². The molecular weight excluding hydrogens is 290 g/mol. The van der Waals surface area contributed by atoms with Gasteiger partial charge in [-0.05, 0) is 62.7 Å². The molecule has 5 nitrogen and oxygen atoms in total. The number of likely N-dealkylation sites (tertiary alicyclic amines) is 1. The zero-order chi connectivity index (χ0) is 16.2. The van der Waals surface area contributed by atoms with Crippen LogP contribution in [0.15, 0.2) is 0 Å². The third-order valence-electron chi connectivity index (χ3n) is 6.92. The fraction of sp³-hybridized carbons (Fsp3) is 0.889. The van der Waals surface area contributed by atoms with Crippen molar-refractivity contribution in [3.05, 3.63) is 0 Å². The van der Waals surface area contributed by atoms with Crippen LogP contribution in [-0.4, -0.2) is 46.2 Å². The number of carbonyl (C=O) groups excluding carboxylic acids is 1. The summed E-state index contributed by atoms with van der Waals surface area (Å²) in [6.45, 7) is 3.28. The summed E-state index contributed by atoms with van der Waals surface area (Å²) in [4.78, 5) is 14.3. The number of hydrogen-bond donors (Lipinski definition) is 2. The van der Waals surface area contributed by atoms with E-state index >= 15 is 0 Å². The molecule has 0 aromatic heterocycles. The van der Waals surface area contributed by atoms with E-state index in [0.29, 0.717) is 30.8 Å². The fourth-order valence-electron chi connectivity index (χ4n) is 6.13. The van der Waals surface area contributed by atoms with Crippen molar-refractivity contribution in [2.24, 2.45) is 17.8 Å². The van der Waals surface area contributed by atoms with E-state index in [1.807, 2.05) is 0 Å². The van der Waals surface area contributed by atoms with Gasteiger partial charge in [-0.2, -0.15) is 5.26 Å². The van der Waals surface area contributed by atoms with E-state index in [4.69, 9.17) is 5.26 Å². The van der Waals surface area contributed by atoms with Crippen molar-refractivity contribution in [1.82, 2.24) is 10.2 Å². The van der Waals surface area contributed by atoms with Gasteiger partial charge in [-0.1, -0.05) is 6.92 Å². The minimum Gasteiger partial charge on any atom is -0.390 e. The first-order valence-electron chi connectivity index (χ1n) is 9.11. The Morgan fingerprint density at radius 2 is 2.17 bits per heavy atom. The Kier molecular flexibility index (Phi) is 3.48. The molecule has 126 valence electrons. The van der Waals surface area contributed by atoms with Crippen molar-refractivity contribution in [3.8, 4) is 6.07 Å². The maximum atomic E-state index is 12.5. The molecular formula is C18H27N3O2. The second-order valence-corrected chi connectivity index (χ2v) is 8.60. The minimum absolute atomic E-state index is 0.0211. The summed E-state index contributed by atoms with van der Waals surface area (Å²) in [5.74, 6) is 1.62. The molecule has 5 unspecified atom stereocenters. The maximum Gasteiger partial charge on any atom is 0.237 e. The molecule has 3 aliphatic carbocycles. The Bertz CT molecular complexity index is 559. The zero-order valence-electron chi connectivity index (χ0n) is 13.9. The van der Waals surface area contributed by atoms with Crippen LogP contribution < -0.4 is 5.32 Å². The van der Waals surface area contributed by atoms with E-state index < -0.39 is 5.60 Å². The largest absolute Gasteiger partial charge is 0.390 e. The lowest BCUT2D eigenvalue weighted by Crippen LogP contribution is -2.53. The number of aliphatic hydroxyl groups is 1. The van der Waals surface area contributed by atoms with Crippen LogP contribution in [0.2, 0.25) is 0 Å². The standard InChI is InChI=1S/C18H27N3O2/c1-12-5-17(7-13-8-18(23,6-12)15(13)9-17)20-11-16(22)21-4-2-3-14(21)10-19/h12-15,20,23H,2-9,11H2,1H3/t12?,13?,14-,15?,17?,18?/m1/s1. The molecule has 23 heavy (non-hydrogen) atoms. The van der Waals surface area contributed by atoms with Gasteiger partial charge in [0.05, 0.1) is 18.2 Å².